The van der Waals surface area contributed by atoms with Gasteiger partial charge in [-0.2, -0.15) is 16.9 Å². The Kier molecular flexibility index (Phi) is 5.12. The SMILES string of the molecule is CSCC[C@@H](NC(=O)c1n[nH]c(=O)c2ccccc12)c1nc2ccccc2[nH]1. The average Bonchev–Trinajstić information content (AvgIpc) is 3.15. The van der Waals surface area contributed by atoms with E-state index in [-0.39, 0.29) is 23.2 Å². The van der Waals surface area contributed by atoms with E-state index in [4.69, 9.17) is 0 Å². The summed E-state index contributed by atoms with van der Waals surface area (Å²) in [5.74, 6) is 1.22. The van der Waals surface area contributed by atoms with Crippen molar-refractivity contribution in [2.75, 3.05) is 12.0 Å². The van der Waals surface area contributed by atoms with Gasteiger partial charge in [0.15, 0.2) is 5.69 Å². The molecule has 0 aliphatic carbocycles. The van der Waals surface area contributed by atoms with Crippen LogP contribution in [0.5, 0.6) is 0 Å². The van der Waals surface area contributed by atoms with Crippen molar-refractivity contribution in [3.8, 4) is 0 Å². The van der Waals surface area contributed by atoms with Crippen molar-refractivity contribution in [2.45, 2.75) is 12.5 Å². The minimum absolute atomic E-state index is 0.195. The minimum Gasteiger partial charge on any atom is -0.341 e. The number of fused-ring (bicyclic) bond motifs is 2. The van der Waals surface area contributed by atoms with Gasteiger partial charge in [-0.25, -0.2) is 10.1 Å². The number of H-pyrrole nitrogens is 2. The van der Waals surface area contributed by atoms with Crippen LogP contribution in [0, 0.1) is 0 Å². The number of nitrogens with one attached hydrogen (secondary N) is 3. The van der Waals surface area contributed by atoms with Gasteiger partial charge in [0.1, 0.15) is 5.82 Å². The van der Waals surface area contributed by atoms with Crippen molar-refractivity contribution < 1.29 is 4.79 Å². The second kappa shape index (κ2) is 7.85. The zero-order chi connectivity index (χ0) is 19.5. The van der Waals surface area contributed by atoms with Crippen molar-refractivity contribution in [1.29, 1.82) is 0 Å². The van der Waals surface area contributed by atoms with Crippen molar-refractivity contribution in [3.63, 3.8) is 0 Å². The quantitative estimate of drug-likeness (QED) is 0.467. The Hall–Kier alpha value is -3.13. The molecule has 0 saturated heterocycles. The van der Waals surface area contributed by atoms with Gasteiger partial charge >= 0.3 is 0 Å². The molecular weight excluding hydrogens is 374 g/mol. The van der Waals surface area contributed by atoms with Crippen LogP contribution in [-0.4, -0.2) is 38.1 Å². The zero-order valence-electron chi connectivity index (χ0n) is 15.2. The molecule has 0 aliphatic heterocycles. The summed E-state index contributed by atoms with van der Waals surface area (Å²) in [5.41, 5.74) is 1.66. The van der Waals surface area contributed by atoms with E-state index < -0.39 is 0 Å². The fourth-order valence-electron chi connectivity index (χ4n) is 3.16. The van der Waals surface area contributed by atoms with Crippen LogP contribution in [0.25, 0.3) is 21.8 Å². The van der Waals surface area contributed by atoms with E-state index in [9.17, 15) is 9.59 Å². The van der Waals surface area contributed by atoms with Crippen LogP contribution in [0.1, 0.15) is 28.8 Å². The third-order valence-electron chi connectivity index (χ3n) is 4.56. The van der Waals surface area contributed by atoms with Gasteiger partial charge in [0.2, 0.25) is 0 Å². The van der Waals surface area contributed by atoms with E-state index >= 15 is 0 Å². The summed E-state index contributed by atoms with van der Waals surface area (Å²) in [6, 6.07) is 14.4. The van der Waals surface area contributed by atoms with Gasteiger partial charge in [-0.15, -0.1) is 0 Å². The fraction of sp³-hybridized carbons (Fsp3) is 0.200. The Morgan fingerprint density at radius 2 is 1.89 bits per heavy atom. The van der Waals surface area contributed by atoms with E-state index in [2.05, 4.69) is 25.5 Å². The van der Waals surface area contributed by atoms with Gasteiger partial charge < -0.3 is 10.3 Å². The highest BCUT2D eigenvalue weighted by Gasteiger charge is 2.21. The summed E-state index contributed by atoms with van der Waals surface area (Å²) in [7, 11) is 0. The molecule has 28 heavy (non-hydrogen) atoms. The first-order chi connectivity index (χ1) is 13.7. The highest BCUT2D eigenvalue weighted by molar-refractivity contribution is 7.98. The molecule has 1 atom stereocenters. The highest BCUT2D eigenvalue weighted by atomic mass is 32.2. The number of para-hydroxylation sites is 2. The van der Waals surface area contributed by atoms with Crippen molar-refractivity contribution in [1.82, 2.24) is 25.5 Å². The van der Waals surface area contributed by atoms with Crippen LogP contribution in [0.3, 0.4) is 0 Å². The molecule has 0 unspecified atom stereocenters. The second-order valence-electron chi connectivity index (χ2n) is 6.39. The van der Waals surface area contributed by atoms with Gasteiger partial charge in [-0.05, 0) is 36.6 Å². The molecule has 0 fully saturated rings. The van der Waals surface area contributed by atoms with Gasteiger partial charge in [-0.1, -0.05) is 30.3 Å². The van der Waals surface area contributed by atoms with Crippen LogP contribution >= 0.6 is 11.8 Å². The molecule has 142 valence electrons. The summed E-state index contributed by atoms with van der Waals surface area (Å²) in [4.78, 5) is 32.9. The summed E-state index contributed by atoms with van der Waals surface area (Å²) in [6.07, 6.45) is 2.74. The monoisotopic (exact) mass is 393 g/mol. The third-order valence-corrected chi connectivity index (χ3v) is 5.21. The molecule has 8 heteroatoms. The van der Waals surface area contributed by atoms with E-state index in [1.807, 2.05) is 30.5 Å². The molecule has 7 nitrogen and oxygen atoms in total. The first-order valence-electron chi connectivity index (χ1n) is 8.89. The summed E-state index contributed by atoms with van der Waals surface area (Å²) in [5, 5.41) is 10.4. The number of carbonyl (C=O) groups is 1. The van der Waals surface area contributed by atoms with Gasteiger partial charge in [0.25, 0.3) is 11.5 Å². The third kappa shape index (κ3) is 3.50. The molecule has 0 aliphatic rings. The molecule has 0 radical (unpaired) electrons. The van der Waals surface area contributed by atoms with Crippen LogP contribution in [0.15, 0.2) is 53.3 Å². The molecule has 0 saturated carbocycles. The number of imidazole rings is 1. The van der Waals surface area contributed by atoms with E-state index in [1.54, 1.807) is 36.0 Å². The summed E-state index contributed by atoms with van der Waals surface area (Å²) >= 11 is 1.70. The first kappa shape index (κ1) is 18.2. The number of aromatic amines is 2. The van der Waals surface area contributed by atoms with E-state index in [0.717, 1.165) is 16.8 Å². The molecule has 2 heterocycles. The van der Waals surface area contributed by atoms with Crippen LogP contribution in [-0.2, 0) is 0 Å². The standard InChI is InChI=1S/C20H19N5O2S/c1-28-11-10-16(18-21-14-8-4-5-9-15(14)22-18)23-20(27)17-12-6-2-3-7-13(12)19(26)25-24-17/h2-9,16H,10-11H2,1H3,(H,21,22)(H,23,27)(H,25,26)/t16-/m1/s1. The Bertz CT molecular complexity index is 1170. The molecule has 2 aromatic heterocycles. The predicted octanol–water partition coefficient (Wildman–Crippen LogP) is 3.02. The number of amides is 1. The number of rotatable bonds is 6. The number of benzene rings is 2. The Morgan fingerprint density at radius 1 is 1.14 bits per heavy atom. The van der Waals surface area contributed by atoms with Gasteiger partial charge in [0.05, 0.1) is 22.5 Å². The summed E-state index contributed by atoms with van der Waals surface area (Å²) in [6.45, 7) is 0. The lowest BCUT2D eigenvalue weighted by Crippen LogP contribution is -2.31. The molecule has 0 bridgehead atoms. The Balaban J connectivity index is 1.68. The maximum absolute atomic E-state index is 13.0. The van der Waals surface area contributed by atoms with Crippen LogP contribution in [0.4, 0.5) is 0 Å². The molecular formula is C20H19N5O2S. The maximum Gasteiger partial charge on any atom is 0.272 e. The van der Waals surface area contributed by atoms with Gasteiger partial charge in [-0.3, -0.25) is 9.59 Å². The molecule has 3 N–H and O–H groups in total. The number of aromatic nitrogens is 4. The second-order valence-corrected chi connectivity index (χ2v) is 7.38. The van der Waals surface area contributed by atoms with E-state index in [0.29, 0.717) is 23.0 Å². The number of carbonyl (C=O) groups excluding carboxylic acids is 1. The molecule has 2 aromatic carbocycles. The van der Waals surface area contributed by atoms with Crippen LogP contribution < -0.4 is 10.9 Å². The van der Waals surface area contributed by atoms with Crippen LogP contribution in [0.2, 0.25) is 0 Å². The lowest BCUT2D eigenvalue weighted by molar-refractivity contribution is 0.0930. The Morgan fingerprint density at radius 3 is 2.68 bits per heavy atom. The van der Waals surface area contributed by atoms with Crippen molar-refractivity contribution in [3.05, 3.63) is 70.4 Å². The Labute approximate surface area is 165 Å². The zero-order valence-corrected chi connectivity index (χ0v) is 16.0. The number of thioether (sulfide) groups is 1. The highest BCUT2D eigenvalue weighted by Crippen LogP contribution is 2.21. The topological polar surface area (TPSA) is 104 Å². The maximum atomic E-state index is 13.0. The average molecular weight is 393 g/mol. The van der Waals surface area contributed by atoms with Crippen molar-refractivity contribution in [2.24, 2.45) is 0 Å². The smallest absolute Gasteiger partial charge is 0.272 e. The molecule has 4 rings (SSSR count). The largest absolute Gasteiger partial charge is 0.341 e. The fourth-order valence-corrected chi connectivity index (χ4v) is 3.64. The normalized spacial score (nSPS) is 12.3. The number of hydrogen-bond donors (Lipinski definition) is 3. The first-order valence-corrected chi connectivity index (χ1v) is 10.3. The lowest BCUT2D eigenvalue weighted by atomic mass is 10.1. The van der Waals surface area contributed by atoms with Crippen molar-refractivity contribution >= 4 is 39.5 Å². The number of nitrogens with zero attached hydrogens (tertiary/aromatic N) is 2. The number of hydrogen-bond acceptors (Lipinski definition) is 5. The van der Waals surface area contributed by atoms with E-state index in [1.165, 1.54) is 0 Å². The molecule has 4 aromatic rings. The lowest BCUT2D eigenvalue weighted by Gasteiger charge is -2.16. The molecule has 0 spiro atoms. The summed E-state index contributed by atoms with van der Waals surface area (Å²) < 4.78 is 0. The minimum atomic E-state index is -0.348. The van der Waals surface area contributed by atoms with Gasteiger partial charge in [0, 0.05) is 5.39 Å². The molecule has 1 amide bonds. The predicted molar refractivity (Wildman–Crippen MR) is 112 cm³/mol.